The van der Waals surface area contributed by atoms with Gasteiger partial charge in [0.25, 0.3) is 0 Å². The summed E-state index contributed by atoms with van der Waals surface area (Å²) in [6.45, 7) is 9.01. The number of hydrogen-bond acceptors (Lipinski definition) is 1. The standard InChI is InChI=1S/C28H29N/c1-5-28(3,4)23-15-19-25(20-16-23)29(24-17-13-21(2)14-18-24)27-12-8-10-22-9-6-7-11-26(22)27/h6-20H,5H2,1-4H3. The minimum atomic E-state index is 0.187. The number of nitrogens with zero attached hydrogens (tertiary/aromatic N) is 1. The quantitative estimate of drug-likeness (QED) is 0.337. The Labute approximate surface area is 174 Å². The van der Waals surface area contributed by atoms with Gasteiger partial charge in [-0.3, -0.25) is 0 Å². The molecule has 0 fully saturated rings. The van der Waals surface area contributed by atoms with Gasteiger partial charge in [-0.2, -0.15) is 0 Å². The number of aryl methyl sites for hydroxylation is 1. The molecule has 1 nitrogen and oxygen atoms in total. The molecule has 0 amide bonds. The molecular weight excluding hydrogens is 350 g/mol. The first kappa shape index (κ1) is 19.3. The first-order valence-electron chi connectivity index (χ1n) is 10.4. The molecule has 0 aliphatic carbocycles. The lowest BCUT2D eigenvalue weighted by atomic mass is 9.82. The van der Waals surface area contributed by atoms with E-state index in [9.17, 15) is 0 Å². The molecule has 4 aromatic carbocycles. The van der Waals surface area contributed by atoms with Crippen LogP contribution in [0.2, 0.25) is 0 Å². The van der Waals surface area contributed by atoms with E-state index in [1.54, 1.807) is 0 Å². The fraction of sp³-hybridized carbons (Fsp3) is 0.214. The third-order valence-corrected chi connectivity index (χ3v) is 6.09. The van der Waals surface area contributed by atoms with Gasteiger partial charge >= 0.3 is 0 Å². The zero-order valence-corrected chi connectivity index (χ0v) is 17.8. The van der Waals surface area contributed by atoms with E-state index >= 15 is 0 Å². The van der Waals surface area contributed by atoms with Crippen molar-refractivity contribution in [3.63, 3.8) is 0 Å². The highest BCUT2D eigenvalue weighted by Crippen LogP contribution is 2.39. The van der Waals surface area contributed by atoms with Crippen LogP contribution >= 0.6 is 0 Å². The average molecular weight is 380 g/mol. The summed E-state index contributed by atoms with van der Waals surface area (Å²) in [4.78, 5) is 2.37. The summed E-state index contributed by atoms with van der Waals surface area (Å²) in [6, 6.07) is 33.0. The van der Waals surface area contributed by atoms with E-state index < -0.39 is 0 Å². The van der Waals surface area contributed by atoms with Crippen LogP contribution < -0.4 is 4.90 Å². The average Bonchev–Trinajstić information content (AvgIpc) is 2.76. The van der Waals surface area contributed by atoms with E-state index in [-0.39, 0.29) is 5.41 Å². The molecule has 4 aromatic rings. The minimum absolute atomic E-state index is 0.187. The Bertz CT molecular complexity index is 1100. The molecule has 146 valence electrons. The number of rotatable bonds is 5. The van der Waals surface area contributed by atoms with Crippen LogP contribution in [0.5, 0.6) is 0 Å². The van der Waals surface area contributed by atoms with Gasteiger partial charge in [0.1, 0.15) is 0 Å². The first-order chi connectivity index (χ1) is 14.0. The van der Waals surface area contributed by atoms with Crippen molar-refractivity contribution in [3.8, 4) is 0 Å². The maximum absolute atomic E-state index is 2.37. The van der Waals surface area contributed by atoms with Crippen molar-refractivity contribution in [1.82, 2.24) is 0 Å². The van der Waals surface area contributed by atoms with Gasteiger partial charge in [0, 0.05) is 16.8 Å². The minimum Gasteiger partial charge on any atom is -0.310 e. The van der Waals surface area contributed by atoms with Gasteiger partial charge in [0.15, 0.2) is 0 Å². The van der Waals surface area contributed by atoms with E-state index in [4.69, 9.17) is 0 Å². The monoisotopic (exact) mass is 379 g/mol. The van der Waals surface area contributed by atoms with Crippen LogP contribution in [0.3, 0.4) is 0 Å². The molecule has 0 unspecified atom stereocenters. The lowest BCUT2D eigenvalue weighted by Crippen LogP contribution is -2.16. The Balaban J connectivity index is 1.89. The zero-order valence-electron chi connectivity index (χ0n) is 17.8. The van der Waals surface area contributed by atoms with Gasteiger partial charge in [0.05, 0.1) is 5.69 Å². The van der Waals surface area contributed by atoms with E-state index in [1.807, 2.05) is 0 Å². The fourth-order valence-corrected chi connectivity index (χ4v) is 3.79. The molecule has 0 aliphatic rings. The third-order valence-electron chi connectivity index (χ3n) is 6.09. The summed E-state index contributed by atoms with van der Waals surface area (Å²) < 4.78 is 0. The molecule has 29 heavy (non-hydrogen) atoms. The second-order valence-corrected chi connectivity index (χ2v) is 8.45. The van der Waals surface area contributed by atoms with E-state index in [1.165, 1.54) is 39.0 Å². The van der Waals surface area contributed by atoms with Gasteiger partial charge in [0.2, 0.25) is 0 Å². The van der Waals surface area contributed by atoms with Crippen molar-refractivity contribution in [2.24, 2.45) is 0 Å². The van der Waals surface area contributed by atoms with Crippen LogP contribution in [0.25, 0.3) is 10.8 Å². The van der Waals surface area contributed by atoms with Crippen LogP contribution in [0.15, 0.2) is 91.0 Å². The number of fused-ring (bicyclic) bond motifs is 1. The van der Waals surface area contributed by atoms with Crippen LogP contribution in [0, 0.1) is 6.92 Å². The van der Waals surface area contributed by atoms with Gasteiger partial charge < -0.3 is 4.90 Å². The van der Waals surface area contributed by atoms with Crippen molar-refractivity contribution in [1.29, 1.82) is 0 Å². The molecule has 0 N–H and O–H groups in total. The summed E-state index contributed by atoms with van der Waals surface area (Å²) >= 11 is 0. The Hall–Kier alpha value is -3.06. The van der Waals surface area contributed by atoms with Crippen LogP contribution in [0.4, 0.5) is 17.1 Å². The van der Waals surface area contributed by atoms with Crippen molar-refractivity contribution >= 4 is 27.8 Å². The molecule has 0 saturated heterocycles. The molecule has 0 atom stereocenters. The summed E-state index contributed by atoms with van der Waals surface area (Å²) in [5.41, 5.74) is 6.40. The third kappa shape index (κ3) is 3.78. The lowest BCUT2D eigenvalue weighted by molar-refractivity contribution is 0.506. The molecule has 0 saturated carbocycles. The predicted octanol–water partition coefficient (Wildman–Crippen LogP) is 8.31. The van der Waals surface area contributed by atoms with Crippen molar-refractivity contribution in [3.05, 3.63) is 102 Å². The van der Waals surface area contributed by atoms with E-state index in [0.29, 0.717) is 0 Å². The van der Waals surface area contributed by atoms with Crippen molar-refractivity contribution < 1.29 is 0 Å². The topological polar surface area (TPSA) is 3.24 Å². The number of anilines is 3. The SMILES string of the molecule is CCC(C)(C)c1ccc(N(c2ccc(C)cc2)c2cccc3ccccc23)cc1. The van der Waals surface area contributed by atoms with E-state index in [0.717, 1.165) is 6.42 Å². The number of benzene rings is 4. The predicted molar refractivity (Wildman–Crippen MR) is 127 cm³/mol. The Morgan fingerprint density at radius 2 is 1.28 bits per heavy atom. The van der Waals surface area contributed by atoms with Gasteiger partial charge in [-0.15, -0.1) is 0 Å². The normalized spacial score (nSPS) is 11.6. The molecule has 0 aromatic heterocycles. The maximum atomic E-state index is 2.37. The van der Waals surface area contributed by atoms with Crippen LogP contribution in [0.1, 0.15) is 38.3 Å². The van der Waals surface area contributed by atoms with Crippen molar-refractivity contribution in [2.75, 3.05) is 4.90 Å². The highest BCUT2D eigenvalue weighted by Gasteiger charge is 2.19. The van der Waals surface area contributed by atoms with Crippen LogP contribution in [-0.4, -0.2) is 0 Å². The molecular formula is C28H29N. The largest absolute Gasteiger partial charge is 0.310 e. The van der Waals surface area contributed by atoms with Crippen molar-refractivity contribution in [2.45, 2.75) is 39.5 Å². The molecule has 0 spiro atoms. The van der Waals surface area contributed by atoms with Gasteiger partial charge in [-0.05, 0) is 60.0 Å². The zero-order chi connectivity index (χ0) is 20.4. The molecule has 4 rings (SSSR count). The Morgan fingerprint density at radius 1 is 0.690 bits per heavy atom. The molecule has 0 aliphatic heterocycles. The lowest BCUT2D eigenvalue weighted by Gasteiger charge is -2.28. The molecule has 0 heterocycles. The fourth-order valence-electron chi connectivity index (χ4n) is 3.79. The van der Waals surface area contributed by atoms with E-state index in [2.05, 4.69) is 124 Å². The highest BCUT2D eigenvalue weighted by molar-refractivity contribution is 5.98. The molecule has 0 bridgehead atoms. The summed E-state index contributed by atoms with van der Waals surface area (Å²) in [5, 5.41) is 2.51. The van der Waals surface area contributed by atoms with Gasteiger partial charge in [-0.25, -0.2) is 0 Å². The smallest absolute Gasteiger partial charge is 0.0540 e. The van der Waals surface area contributed by atoms with Crippen LogP contribution in [-0.2, 0) is 5.41 Å². The second kappa shape index (κ2) is 7.75. The first-order valence-corrected chi connectivity index (χ1v) is 10.4. The Kier molecular flexibility index (Phi) is 5.15. The van der Waals surface area contributed by atoms with Gasteiger partial charge in [-0.1, -0.05) is 87.0 Å². The summed E-state index contributed by atoms with van der Waals surface area (Å²) in [7, 11) is 0. The maximum Gasteiger partial charge on any atom is 0.0540 e. The number of hydrogen-bond donors (Lipinski definition) is 0. The summed E-state index contributed by atoms with van der Waals surface area (Å²) in [6.07, 6.45) is 1.12. The molecule has 0 radical (unpaired) electrons. The molecule has 1 heteroatoms. The summed E-state index contributed by atoms with van der Waals surface area (Å²) in [5.74, 6) is 0. The Morgan fingerprint density at radius 3 is 1.93 bits per heavy atom. The second-order valence-electron chi connectivity index (χ2n) is 8.45. The highest BCUT2D eigenvalue weighted by atomic mass is 15.1.